The second-order valence-electron chi connectivity index (χ2n) is 25.5. The Labute approximate surface area is 403 Å². The highest BCUT2D eigenvalue weighted by molar-refractivity contribution is 7.00. The van der Waals surface area contributed by atoms with Crippen molar-refractivity contribution < 1.29 is 0 Å². The molecule has 0 aromatic heterocycles. The van der Waals surface area contributed by atoms with E-state index in [2.05, 4.69) is 219 Å². The topological polar surface area (TPSA) is 9.72 Å². The molecule has 4 aliphatic heterocycles. The lowest BCUT2D eigenvalue weighted by Gasteiger charge is -2.54. The normalized spacial score (nSPS) is 25.9. The minimum Gasteiger partial charge on any atom is -0.335 e. The Bertz CT molecular complexity index is 3020. The van der Waals surface area contributed by atoms with Crippen LogP contribution < -0.4 is 31.1 Å². The fourth-order valence-electron chi connectivity index (χ4n) is 14.9. The molecule has 0 radical (unpaired) electrons. The van der Waals surface area contributed by atoms with Crippen LogP contribution >= 0.6 is 0 Å². The number of hydrogen-bond acceptors (Lipinski definition) is 3. The maximum Gasteiger partial charge on any atom is 0.252 e. The van der Waals surface area contributed by atoms with Crippen molar-refractivity contribution in [2.24, 2.45) is 0 Å². The number of para-hydroxylation sites is 1. The molecule has 0 saturated heterocycles. The molecule has 4 unspecified atom stereocenters. The molecular weight excluding hydrogens is 810 g/mol. The van der Waals surface area contributed by atoms with Crippen molar-refractivity contribution in [2.75, 3.05) is 14.7 Å². The molecule has 6 aromatic carbocycles. The Morgan fingerprint density at radius 2 is 1.09 bits per heavy atom. The summed E-state index contributed by atoms with van der Waals surface area (Å²) in [7, 11) is 0. The Morgan fingerprint density at radius 3 is 1.82 bits per heavy atom. The average Bonchev–Trinajstić information content (AvgIpc) is 3.66. The summed E-state index contributed by atoms with van der Waals surface area (Å²) in [4.78, 5) is 8.53. The molecule has 0 amide bonds. The zero-order valence-electron chi connectivity index (χ0n) is 42.6. The second kappa shape index (κ2) is 14.0. The molecule has 2 saturated carbocycles. The number of anilines is 7. The molecular formula is C63H72BN3. The van der Waals surface area contributed by atoms with Crippen LogP contribution in [0.1, 0.15) is 168 Å². The summed E-state index contributed by atoms with van der Waals surface area (Å²) in [6, 6.07) is 49.1. The van der Waals surface area contributed by atoms with Gasteiger partial charge in [-0.3, -0.25) is 0 Å². The lowest BCUT2D eigenvalue weighted by atomic mass is 9.33. The Balaban J connectivity index is 1.25. The smallest absolute Gasteiger partial charge is 0.252 e. The van der Waals surface area contributed by atoms with Crippen LogP contribution in [0.2, 0.25) is 0 Å². The third kappa shape index (κ3) is 5.65. The van der Waals surface area contributed by atoms with E-state index in [0.717, 1.165) is 12.8 Å². The van der Waals surface area contributed by atoms with Gasteiger partial charge in [-0.15, -0.1) is 0 Å². The van der Waals surface area contributed by atoms with E-state index >= 15 is 0 Å². The number of hydrogen-bond donors (Lipinski definition) is 0. The fraction of sp³-hybridized carbons (Fsp3) is 0.429. The fourth-order valence-corrected chi connectivity index (χ4v) is 14.9. The predicted octanol–water partition coefficient (Wildman–Crippen LogP) is 14.7. The monoisotopic (exact) mass is 882 g/mol. The number of rotatable bonds is 3. The highest BCUT2D eigenvalue weighted by Gasteiger charge is 2.65. The first kappa shape index (κ1) is 43.1. The van der Waals surface area contributed by atoms with Crippen LogP contribution in [0.4, 0.5) is 39.8 Å². The maximum atomic E-state index is 2.97. The summed E-state index contributed by atoms with van der Waals surface area (Å²) in [5.74, 6) is 0. The van der Waals surface area contributed by atoms with Crippen LogP contribution in [0.25, 0.3) is 0 Å². The minimum atomic E-state index is -0.197. The summed E-state index contributed by atoms with van der Waals surface area (Å²) in [5, 5.41) is 0. The van der Waals surface area contributed by atoms with Crippen molar-refractivity contribution in [1.82, 2.24) is 0 Å². The SMILES string of the molecule is CC(C)(C)c1cccc(N2c3cc(C(C)(C)C)ccc3B3c4cc(C(C)(C)C)cc5c4N(c4cc(N6c7ccccc7C7(C)CCCCC67C)cc2c43)C2(C)CCCCC52c2ccccc2)c1. The summed E-state index contributed by atoms with van der Waals surface area (Å²) >= 11 is 0. The van der Waals surface area contributed by atoms with Gasteiger partial charge in [0, 0.05) is 50.6 Å². The Morgan fingerprint density at radius 1 is 0.448 bits per heavy atom. The van der Waals surface area contributed by atoms with E-state index in [0.29, 0.717) is 0 Å². The van der Waals surface area contributed by atoms with Crippen LogP contribution in [0, 0.1) is 0 Å². The molecule has 2 fully saturated rings. The number of benzene rings is 6. The minimum absolute atomic E-state index is 0.00439. The molecule has 6 aliphatic rings. The van der Waals surface area contributed by atoms with Crippen molar-refractivity contribution in [2.45, 2.75) is 173 Å². The van der Waals surface area contributed by atoms with Crippen molar-refractivity contribution >= 4 is 62.9 Å². The highest BCUT2D eigenvalue weighted by atomic mass is 15.3. The van der Waals surface area contributed by atoms with Crippen LogP contribution in [0.5, 0.6) is 0 Å². The molecule has 0 N–H and O–H groups in total. The molecule has 6 aromatic rings. The summed E-state index contributed by atoms with van der Waals surface area (Å²) in [6.45, 7) is 29.4. The molecule has 342 valence electrons. The molecule has 67 heavy (non-hydrogen) atoms. The van der Waals surface area contributed by atoms with Crippen LogP contribution in [-0.4, -0.2) is 17.8 Å². The Kier molecular flexibility index (Phi) is 8.97. The molecule has 0 bridgehead atoms. The molecule has 2 aliphatic carbocycles. The first-order valence-electron chi connectivity index (χ1n) is 25.9. The first-order valence-corrected chi connectivity index (χ1v) is 25.9. The zero-order valence-corrected chi connectivity index (χ0v) is 42.6. The molecule has 12 rings (SSSR count). The van der Waals surface area contributed by atoms with Gasteiger partial charge in [0.15, 0.2) is 0 Å². The van der Waals surface area contributed by atoms with E-state index in [1.54, 1.807) is 5.56 Å². The van der Waals surface area contributed by atoms with E-state index in [9.17, 15) is 0 Å². The third-order valence-corrected chi connectivity index (χ3v) is 18.7. The van der Waals surface area contributed by atoms with Gasteiger partial charge in [0.05, 0.1) is 11.1 Å². The van der Waals surface area contributed by atoms with Gasteiger partial charge in [-0.25, -0.2) is 0 Å². The van der Waals surface area contributed by atoms with Gasteiger partial charge in [-0.1, -0.05) is 180 Å². The quantitative estimate of drug-likeness (QED) is 0.164. The Hall–Kier alpha value is -5.22. The molecule has 3 nitrogen and oxygen atoms in total. The maximum absolute atomic E-state index is 2.97. The number of fused-ring (bicyclic) bond motifs is 10. The van der Waals surface area contributed by atoms with Gasteiger partial charge in [-0.2, -0.15) is 0 Å². The van der Waals surface area contributed by atoms with Gasteiger partial charge in [0.2, 0.25) is 0 Å². The van der Waals surface area contributed by atoms with Gasteiger partial charge in [-0.05, 0) is 142 Å². The molecule has 4 atom stereocenters. The van der Waals surface area contributed by atoms with Gasteiger partial charge < -0.3 is 14.7 Å². The lowest BCUT2D eigenvalue weighted by Crippen LogP contribution is -2.65. The van der Waals surface area contributed by atoms with Crippen molar-refractivity contribution in [3.05, 3.63) is 155 Å². The largest absolute Gasteiger partial charge is 0.335 e. The van der Waals surface area contributed by atoms with Gasteiger partial charge in [0.1, 0.15) is 0 Å². The van der Waals surface area contributed by atoms with Crippen LogP contribution in [0.3, 0.4) is 0 Å². The lowest BCUT2D eigenvalue weighted by molar-refractivity contribution is 0.195. The first-order chi connectivity index (χ1) is 31.7. The van der Waals surface area contributed by atoms with Crippen LogP contribution in [0.15, 0.2) is 121 Å². The predicted molar refractivity (Wildman–Crippen MR) is 287 cm³/mol. The van der Waals surface area contributed by atoms with Gasteiger partial charge >= 0.3 is 0 Å². The molecule has 4 heteroatoms. The third-order valence-electron chi connectivity index (χ3n) is 18.7. The van der Waals surface area contributed by atoms with E-state index in [-0.39, 0.29) is 44.9 Å². The van der Waals surface area contributed by atoms with E-state index in [4.69, 9.17) is 0 Å². The molecule has 4 heterocycles. The van der Waals surface area contributed by atoms with E-state index in [1.807, 2.05) is 0 Å². The average molecular weight is 882 g/mol. The number of nitrogens with zero attached hydrogens (tertiary/aromatic N) is 3. The van der Waals surface area contributed by atoms with Crippen molar-refractivity contribution in [3.8, 4) is 0 Å². The van der Waals surface area contributed by atoms with E-state index in [1.165, 1.54) is 123 Å². The van der Waals surface area contributed by atoms with E-state index < -0.39 is 0 Å². The summed E-state index contributed by atoms with van der Waals surface area (Å²) in [5.41, 5.74) is 22.1. The standard InChI is InChI=1S/C63H72BN3/c1-57(2,3)42-25-22-26-45(35-42)65-52-38-43(58(4,5)6)29-30-49(52)64-50-37-44(59(7,8)9)36-48-56(50)67(62(12)33-20-21-34-63(48,62)41-23-14-13-15-24-41)54-40-46(39-53(65)55(54)64)66-51-28-17-16-27-47(51)60(10)31-18-19-32-61(60,66)11/h13-17,22-30,35-40H,18-21,31-34H2,1-12H3. The summed E-state index contributed by atoms with van der Waals surface area (Å²) in [6.07, 6.45) is 9.64. The van der Waals surface area contributed by atoms with Crippen molar-refractivity contribution in [1.29, 1.82) is 0 Å². The zero-order chi connectivity index (χ0) is 46.8. The van der Waals surface area contributed by atoms with Crippen molar-refractivity contribution in [3.63, 3.8) is 0 Å². The second-order valence-corrected chi connectivity index (χ2v) is 25.5. The highest BCUT2D eigenvalue weighted by Crippen LogP contribution is 2.66. The summed E-state index contributed by atoms with van der Waals surface area (Å²) < 4.78 is 0. The van der Waals surface area contributed by atoms with Gasteiger partial charge in [0.25, 0.3) is 6.71 Å². The molecule has 0 spiro atoms. The van der Waals surface area contributed by atoms with Crippen LogP contribution in [-0.2, 0) is 27.1 Å².